The molecule has 2 aliphatic rings. The molecule has 0 saturated carbocycles. The summed E-state index contributed by atoms with van der Waals surface area (Å²) >= 11 is 0. The number of hydrogen-bond donors (Lipinski definition) is 1. The lowest BCUT2D eigenvalue weighted by molar-refractivity contribution is 0.0192. The lowest BCUT2D eigenvalue weighted by Crippen LogP contribution is -2.14. The lowest BCUT2D eigenvalue weighted by atomic mass is 9.84. The molecule has 2 saturated heterocycles. The number of aryl methyl sites for hydroxylation is 2. The van der Waals surface area contributed by atoms with Gasteiger partial charge in [-0.2, -0.15) is 0 Å². The Labute approximate surface area is 148 Å². The summed E-state index contributed by atoms with van der Waals surface area (Å²) < 4.78 is 17.5. The second-order valence-electron chi connectivity index (χ2n) is 7.11. The SMILES string of the molecule is COc1cc([C@H]2OCC3C2CO[C@H]3c2ccc(C)c(C)c2)ccc1O. The number of phenolic OH excluding ortho intramolecular Hbond substituents is 1. The third kappa shape index (κ3) is 2.79. The van der Waals surface area contributed by atoms with Gasteiger partial charge in [0.25, 0.3) is 0 Å². The second kappa shape index (κ2) is 6.36. The molecule has 2 aromatic rings. The highest BCUT2D eigenvalue weighted by molar-refractivity contribution is 5.43. The number of benzene rings is 2. The molecule has 4 nitrogen and oxygen atoms in total. The second-order valence-corrected chi connectivity index (χ2v) is 7.11. The zero-order chi connectivity index (χ0) is 17.6. The quantitative estimate of drug-likeness (QED) is 0.914. The van der Waals surface area contributed by atoms with Gasteiger partial charge in [-0.3, -0.25) is 0 Å². The Kier molecular flexibility index (Phi) is 4.18. The maximum Gasteiger partial charge on any atom is 0.160 e. The monoisotopic (exact) mass is 340 g/mol. The van der Waals surface area contributed by atoms with Crippen LogP contribution in [-0.4, -0.2) is 25.4 Å². The van der Waals surface area contributed by atoms with E-state index in [2.05, 4.69) is 32.0 Å². The molecule has 1 N–H and O–H groups in total. The van der Waals surface area contributed by atoms with Crippen LogP contribution in [0.5, 0.6) is 11.5 Å². The lowest BCUT2D eigenvalue weighted by Gasteiger charge is -2.18. The van der Waals surface area contributed by atoms with Gasteiger partial charge < -0.3 is 19.3 Å². The van der Waals surface area contributed by atoms with Crippen LogP contribution in [-0.2, 0) is 9.47 Å². The van der Waals surface area contributed by atoms with Crippen molar-refractivity contribution in [1.82, 2.24) is 0 Å². The Balaban J connectivity index is 1.58. The third-order valence-electron chi connectivity index (χ3n) is 5.66. The predicted octanol–water partition coefficient (Wildman–Crippen LogP) is 4.09. The standard InChI is InChI=1S/C21H24O4/c1-12-4-5-14(8-13(12)2)20-16-10-25-21(17(16)11-24-20)15-6-7-18(22)19(9-15)23-3/h4-9,16-17,20-22H,10-11H2,1-3H3/t16?,17?,20-,21+/m0/s1. The average Bonchev–Trinajstić information content (AvgIpc) is 3.20. The van der Waals surface area contributed by atoms with Gasteiger partial charge in [-0.05, 0) is 48.2 Å². The van der Waals surface area contributed by atoms with Gasteiger partial charge in [-0.15, -0.1) is 0 Å². The number of ether oxygens (including phenoxy) is 3. The van der Waals surface area contributed by atoms with Crippen molar-refractivity contribution < 1.29 is 19.3 Å². The van der Waals surface area contributed by atoms with Gasteiger partial charge in [0.15, 0.2) is 11.5 Å². The highest BCUT2D eigenvalue weighted by Gasteiger charge is 2.48. The van der Waals surface area contributed by atoms with Crippen molar-refractivity contribution in [3.63, 3.8) is 0 Å². The van der Waals surface area contributed by atoms with E-state index in [0.717, 1.165) is 5.56 Å². The highest BCUT2D eigenvalue weighted by atomic mass is 16.5. The maximum atomic E-state index is 9.81. The summed E-state index contributed by atoms with van der Waals surface area (Å²) in [6.45, 7) is 5.65. The largest absolute Gasteiger partial charge is 0.504 e. The van der Waals surface area contributed by atoms with Gasteiger partial charge in [0.05, 0.1) is 32.5 Å². The fourth-order valence-electron chi connectivity index (χ4n) is 4.05. The van der Waals surface area contributed by atoms with E-state index in [1.54, 1.807) is 13.2 Å². The molecule has 0 aliphatic carbocycles. The molecule has 4 heteroatoms. The number of aromatic hydroxyl groups is 1. The molecule has 2 aliphatic heterocycles. The van der Waals surface area contributed by atoms with Crippen molar-refractivity contribution in [1.29, 1.82) is 0 Å². The molecule has 0 spiro atoms. The van der Waals surface area contributed by atoms with E-state index in [9.17, 15) is 5.11 Å². The zero-order valence-electron chi connectivity index (χ0n) is 14.9. The van der Waals surface area contributed by atoms with Gasteiger partial charge in [0.1, 0.15) is 0 Å². The van der Waals surface area contributed by atoms with Gasteiger partial charge >= 0.3 is 0 Å². The normalized spacial score (nSPS) is 28.1. The topological polar surface area (TPSA) is 47.9 Å². The van der Waals surface area contributed by atoms with Gasteiger partial charge in [0, 0.05) is 11.8 Å². The van der Waals surface area contributed by atoms with Crippen molar-refractivity contribution in [2.45, 2.75) is 26.1 Å². The Bertz CT molecular complexity index is 785. The molecule has 2 unspecified atom stereocenters. The molecule has 2 aromatic carbocycles. The Morgan fingerprint density at radius 1 is 0.880 bits per heavy atom. The van der Waals surface area contributed by atoms with E-state index in [1.807, 2.05) is 12.1 Å². The third-order valence-corrected chi connectivity index (χ3v) is 5.66. The predicted molar refractivity (Wildman–Crippen MR) is 94.9 cm³/mol. The van der Waals surface area contributed by atoms with E-state index in [1.165, 1.54) is 16.7 Å². The van der Waals surface area contributed by atoms with Crippen LogP contribution in [0, 0.1) is 25.7 Å². The number of fused-ring (bicyclic) bond motifs is 1. The molecule has 2 heterocycles. The number of methoxy groups -OCH3 is 1. The van der Waals surface area contributed by atoms with E-state index in [-0.39, 0.29) is 18.0 Å². The molecule has 25 heavy (non-hydrogen) atoms. The minimum Gasteiger partial charge on any atom is -0.504 e. The Morgan fingerprint density at radius 3 is 2.08 bits per heavy atom. The first-order chi connectivity index (χ1) is 12.1. The van der Waals surface area contributed by atoms with Crippen molar-refractivity contribution in [2.24, 2.45) is 11.8 Å². The maximum absolute atomic E-state index is 9.81. The molecule has 0 amide bonds. The number of rotatable bonds is 3. The molecule has 0 radical (unpaired) electrons. The minimum absolute atomic E-state index is 0.0176. The van der Waals surface area contributed by atoms with E-state index >= 15 is 0 Å². The minimum atomic E-state index is -0.0176. The van der Waals surface area contributed by atoms with Crippen LogP contribution in [0.25, 0.3) is 0 Å². The molecule has 4 atom stereocenters. The van der Waals surface area contributed by atoms with Crippen LogP contribution in [0.1, 0.15) is 34.5 Å². The Hall–Kier alpha value is -2.04. The first kappa shape index (κ1) is 16.4. The van der Waals surface area contributed by atoms with Crippen LogP contribution in [0.15, 0.2) is 36.4 Å². The van der Waals surface area contributed by atoms with E-state index in [4.69, 9.17) is 14.2 Å². The molecular formula is C21H24O4. The van der Waals surface area contributed by atoms with Crippen molar-refractivity contribution in [3.8, 4) is 11.5 Å². The van der Waals surface area contributed by atoms with Gasteiger partial charge in [-0.25, -0.2) is 0 Å². The van der Waals surface area contributed by atoms with Crippen molar-refractivity contribution >= 4 is 0 Å². The number of hydrogen-bond acceptors (Lipinski definition) is 4. The van der Waals surface area contributed by atoms with Crippen LogP contribution in [0.2, 0.25) is 0 Å². The number of phenols is 1. The summed E-state index contributed by atoms with van der Waals surface area (Å²) in [5.41, 5.74) is 4.87. The van der Waals surface area contributed by atoms with E-state index < -0.39 is 0 Å². The molecule has 0 aromatic heterocycles. The molecule has 4 rings (SSSR count). The average molecular weight is 340 g/mol. The molecule has 132 valence electrons. The summed E-state index contributed by atoms with van der Waals surface area (Å²) in [5.74, 6) is 1.30. The first-order valence-corrected chi connectivity index (χ1v) is 8.75. The smallest absolute Gasteiger partial charge is 0.160 e. The fraction of sp³-hybridized carbons (Fsp3) is 0.429. The fourth-order valence-corrected chi connectivity index (χ4v) is 4.05. The highest BCUT2D eigenvalue weighted by Crippen LogP contribution is 2.50. The molecule has 2 fully saturated rings. The van der Waals surface area contributed by atoms with Gasteiger partial charge in [0.2, 0.25) is 0 Å². The van der Waals surface area contributed by atoms with Crippen LogP contribution in [0.4, 0.5) is 0 Å². The van der Waals surface area contributed by atoms with Crippen molar-refractivity contribution in [2.75, 3.05) is 20.3 Å². The summed E-state index contributed by atoms with van der Waals surface area (Å²) in [6.07, 6.45) is 0.0735. The van der Waals surface area contributed by atoms with Gasteiger partial charge in [-0.1, -0.05) is 24.3 Å². The molecular weight excluding hydrogens is 316 g/mol. The van der Waals surface area contributed by atoms with Crippen molar-refractivity contribution in [3.05, 3.63) is 58.7 Å². The zero-order valence-corrected chi connectivity index (χ0v) is 14.9. The summed E-state index contributed by atoms with van der Waals surface area (Å²) in [7, 11) is 1.56. The summed E-state index contributed by atoms with van der Waals surface area (Å²) in [5, 5.41) is 9.81. The van der Waals surface area contributed by atoms with Crippen LogP contribution < -0.4 is 4.74 Å². The van der Waals surface area contributed by atoms with E-state index in [0.29, 0.717) is 30.8 Å². The van der Waals surface area contributed by atoms with Crippen LogP contribution >= 0.6 is 0 Å². The first-order valence-electron chi connectivity index (χ1n) is 8.75. The summed E-state index contributed by atoms with van der Waals surface area (Å²) in [4.78, 5) is 0. The molecule has 0 bridgehead atoms. The van der Waals surface area contributed by atoms with Crippen LogP contribution in [0.3, 0.4) is 0 Å². The summed E-state index contributed by atoms with van der Waals surface area (Å²) in [6, 6.07) is 12.0. The Morgan fingerprint density at radius 2 is 1.48 bits per heavy atom.